The number of rotatable bonds is 4. The Kier molecular flexibility index (Phi) is 4.28. The van der Waals surface area contributed by atoms with E-state index in [0.29, 0.717) is 0 Å². The molecule has 3 heterocycles. The van der Waals surface area contributed by atoms with Crippen LogP contribution >= 0.6 is 7.82 Å². The number of nitrogens with one attached hydrogen (secondary N) is 2. The second-order valence-electron chi connectivity index (χ2n) is 5.63. The maximum atomic E-state index is 11.9. The molecule has 5 N–H and O–H groups in total. The van der Waals surface area contributed by atoms with Crippen molar-refractivity contribution in [2.75, 3.05) is 30.1 Å². The van der Waals surface area contributed by atoms with Gasteiger partial charge in [-0.15, -0.1) is 0 Å². The van der Waals surface area contributed by atoms with Gasteiger partial charge in [0.1, 0.15) is 23.8 Å². The van der Waals surface area contributed by atoms with Crippen LogP contribution in [0.4, 0.5) is 11.5 Å². The van der Waals surface area contributed by atoms with Gasteiger partial charge in [0.2, 0.25) is 0 Å². The molecule has 13 heteroatoms. The summed E-state index contributed by atoms with van der Waals surface area (Å²) in [6, 6.07) is 0. The quantitative estimate of drug-likeness (QED) is 0.372. The smallest absolute Gasteiger partial charge is 0.390 e. The second kappa shape index (κ2) is 5.99. The first kappa shape index (κ1) is 17.1. The van der Waals surface area contributed by atoms with Gasteiger partial charge in [-0.2, -0.15) is 0 Å². The van der Waals surface area contributed by atoms with E-state index in [1.165, 1.54) is 0 Å². The minimum atomic E-state index is -4.67. The maximum absolute atomic E-state index is 11.9. The number of fused-ring (bicyclic) bond motifs is 1. The molecule has 1 aromatic heterocycles. The van der Waals surface area contributed by atoms with Crippen LogP contribution in [0.2, 0.25) is 0 Å². The Bertz CT molecular complexity index is 787. The number of phosphoric ester groups is 1. The molecule has 2 aliphatic rings. The lowest BCUT2D eigenvalue weighted by Crippen LogP contribution is -2.38. The number of phosphoric acid groups is 1. The Hall–Kier alpha value is -1.69. The van der Waals surface area contributed by atoms with Crippen LogP contribution in [0.15, 0.2) is 9.59 Å². The molecule has 3 rings (SSSR count). The summed E-state index contributed by atoms with van der Waals surface area (Å²) in [6.07, 6.45) is -2.51. The monoisotopic (exact) mass is 364 g/mol. The second-order valence-corrected chi connectivity index (χ2v) is 6.87. The minimum Gasteiger partial charge on any atom is -0.390 e. The summed E-state index contributed by atoms with van der Waals surface area (Å²) >= 11 is 0. The number of hydrogen-bond acceptors (Lipinski definition) is 8. The van der Waals surface area contributed by atoms with Crippen LogP contribution in [0.1, 0.15) is 6.42 Å². The summed E-state index contributed by atoms with van der Waals surface area (Å²) in [5.41, 5.74) is -0.944. The lowest BCUT2D eigenvalue weighted by Gasteiger charge is -2.25. The van der Waals surface area contributed by atoms with Gasteiger partial charge in [0.15, 0.2) is 0 Å². The van der Waals surface area contributed by atoms with Crippen LogP contribution in [0.25, 0.3) is 0 Å². The Labute approximate surface area is 134 Å². The molecule has 0 bridgehead atoms. The predicted molar refractivity (Wildman–Crippen MR) is 80.7 cm³/mol. The first-order chi connectivity index (χ1) is 11.2. The van der Waals surface area contributed by atoms with Crippen molar-refractivity contribution in [3.05, 3.63) is 20.8 Å². The molecule has 1 fully saturated rings. The van der Waals surface area contributed by atoms with E-state index in [1.54, 1.807) is 16.8 Å². The van der Waals surface area contributed by atoms with Crippen molar-refractivity contribution in [3.8, 4) is 0 Å². The fourth-order valence-electron chi connectivity index (χ4n) is 2.86. The van der Waals surface area contributed by atoms with E-state index in [2.05, 4.69) is 14.5 Å². The van der Waals surface area contributed by atoms with E-state index in [9.17, 15) is 19.3 Å². The molecule has 1 aromatic rings. The summed E-state index contributed by atoms with van der Waals surface area (Å²) < 4.78 is 20.7. The molecule has 12 nitrogen and oxygen atoms in total. The van der Waals surface area contributed by atoms with Crippen LogP contribution < -0.4 is 21.0 Å². The molecule has 0 amide bonds. The van der Waals surface area contributed by atoms with Crippen LogP contribution in [0, 0.1) is 0 Å². The summed E-state index contributed by atoms with van der Waals surface area (Å²) in [4.78, 5) is 48.7. The van der Waals surface area contributed by atoms with Crippen molar-refractivity contribution < 1.29 is 28.7 Å². The number of nitrogens with zero attached hydrogens (tertiary/aromatic N) is 2. The summed E-state index contributed by atoms with van der Waals surface area (Å²) in [6.45, 7) is -0.244. The number of hydrogen-bond donors (Lipinski definition) is 5. The molecule has 0 saturated carbocycles. The number of H-pyrrole nitrogens is 2. The van der Waals surface area contributed by atoms with E-state index in [-0.39, 0.29) is 24.6 Å². The van der Waals surface area contributed by atoms with Gasteiger partial charge in [-0.05, 0) is 0 Å². The Morgan fingerprint density at radius 1 is 1.38 bits per heavy atom. The van der Waals surface area contributed by atoms with Crippen molar-refractivity contribution >= 4 is 19.3 Å². The molecule has 3 atom stereocenters. The fraction of sp³-hybridized carbons (Fsp3) is 0.636. The molecule has 1 saturated heterocycles. The number of ether oxygens (including phenoxy) is 1. The van der Waals surface area contributed by atoms with Crippen LogP contribution in [0.5, 0.6) is 0 Å². The molecular formula is C11H17N4O8P. The summed E-state index contributed by atoms with van der Waals surface area (Å²) in [5, 5.41) is 10.0. The van der Waals surface area contributed by atoms with E-state index < -0.39 is 44.1 Å². The number of aliphatic hydroxyl groups excluding tert-OH is 1. The van der Waals surface area contributed by atoms with E-state index >= 15 is 0 Å². The molecule has 2 aliphatic heterocycles. The third-order valence-electron chi connectivity index (χ3n) is 3.89. The van der Waals surface area contributed by atoms with Gasteiger partial charge in [0.25, 0.3) is 5.56 Å². The highest BCUT2D eigenvalue weighted by Gasteiger charge is 2.42. The molecule has 24 heavy (non-hydrogen) atoms. The van der Waals surface area contributed by atoms with Gasteiger partial charge >= 0.3 is 13.5 Å². The number of aromatic amines is 2. The Morgan fingerprint density at radius 3 is 2.75 bits per heavy atom. The average Bonchev–Trinajstić information content (AvgIpc) is 2.96. The minimum absolute atomic E-state index is 0.122. The first-order valence-electron chi connectivity index (χ1n) is 7.03. The Balaban J connectivity index is 1.79. The van der Waals surface area contributed by atoms with Crippen molar-refractivity contribution in [2.45, 2.75) is 24.9 Å². The maximum Gasteiger partial charge on any atom is 0.469 e. The predicted octanol–water partition coefficient (Wildman–Crippen LogP) is -2.14. The molecule has 0 aromatic carbocycles. The van der Waals surface area contributed by atoms with Gasteiger partial charge in [-0.1, -0.05) is 0 Å². The van der Waals surface area contributed by atoms with Crippen LogP contribution in [-0.2, 0) is 13.8 Å². The zero-order valence-electron chi connectivity index (χ0n) is 12.6. The topological polar surface area (TPSA) is 168 Å². The molecular weight excluding hydrogens is 347 g/mol. The van der Waals surface area contributed by atoms with Crippen molar-refractivity contribution in [2.24, 2.45) is 0 Å². The van der Waals surface area contributed by atoms with Gasteiger partial charge in [0, 0.05) is 13.5 Å². The van der Waals surface area contributed by atoms with Crippen LogP contribution in [-0.4, -0.2) is 63.6 Å². The van der Waals surface area contributed by atoms with E-state index in [1.807, 2.05) is 0 Å². The molecule has 0 radical (unpaired) electrons. The lowest BCUT2D eigenvalue weighted by molar-refractivity contribution is -0.0216. The highest BCUT2D eigenvalue weighted by atomic mass is 31.2. The molecule has 0 spiro atoms. The van der Waals surface area contributed by atoms with Gasteiger partial charge in [-0.25, -0.2) is 9.36 Å². The standard InChI is InChI=1S/C11H17N4O8P/c1-14-4-15(9-8(14)10(17)13-11(18)12-9)7-2-5(16)6(23-7)3-22-24(19,20)21/h5-7,16H,2-4H2,1H3,(H2,19,20,21)(H2,12,13,17,18)/t5-,6+,7+/m0/s1. The summed E-state index contributed by atoms with van der Waals surface area (Å²) in [5.74, 6) is 0.264. The highest BCUT2D eigenvalue weighted by molar-refractivity contribution is 7.46. The van der Waals surface area contributed by atoms with Gasteiger partial charge < -0.3 is 29.4 Å². The third kappa shape index (κ3) is 3.24. The van der Waals surface area contributed by atoms with Gasteiger partial charge in [-0.3, -0.25) is 19.3 Å². The van der Waals surface area contributed by atoms with Crippen molar-refractivity contribution in [3.63, 3.8) is 0 Å². The number of anilines is 2. The SMILES string of the molecule is CN1CN([C@H]2C[C@H](O)[C@@H](COP(=O)(O)O)O2)c2[nH]c(=O)[nH]c(=O)c21. The normalized spacial score (nSPS) is 26.9. The molecule has 134 valence electrons. The fourth-order valence-corrected chi connectivity index (χ4v) is 3.20. The van der Waals surface area contributed by atoms with E-state index in [4.69, 9.17) is 14.5 Å². The van der Waals surface area contributed by atoms with Gasteiger partial charge in [0.05, 0.1) is 19.4 Å². The third-order valence-corrected chi connectivity index (χ3v) is 4.38. The average molecular weight is 364 g/mol. The molecule has 0 unspecified atom stereocenters. The largest absolute Gasteiger partial charge is 0.469 e. The Morgan fingerprint density at radius 2 is 2.08 bits per heavy atom. The van der Waals surface area contributed by atoms with Crippen molar-refractivity contribution in [1.82, 2.24) is 9.97 Å². The van der Waals surface area contributed by atoms with E-state index in [0.717, 1.165) is 0 Å². The summed E-state index contributed by atoms with van der Waals surface area (Å²) in [7, 11) is -3.01. The zero-order valence-corrected chi connectivity index (χ0v) is 13.5. The van der Waals surface area contributed by atoms with Crippen molar-refractivity contribution in [1.29, 1.82) is 0 Å². The molecule has 0 aliphatic carbocycles. The number of aromatic nitrogens is 2. The number of aliphatic hydroxyl groups is 1. The van der Waals surface area contributed by atoms with Crippen LogP contribution in [0.3, 0.4) is 0 Å². The zero-order chi connectivity index (χ0) is 17.6. The highest BCUT2D eigenvalue weighted by Crippen LogP contribution is 2.38. The first-order valence-corrected chi connectivity index (χ1v) is 8.57. The lowest BCUT2D eigenvalue weighted by atomic mass is 10.2.